The Morgan fingerprint density at radius 1 is 0.893 bits per heavy atom. The molecule has 28 heavy (non-hydrogen) atoms. The largest absolute Gasteiger partial charge is 0.488 e. The molecule has 152 valence electrons. The summed E-state index contributed by atoms with van der Waals surface area (Å²) in [5.41, 5.74) is 5.07. The molecule has 1 nitrogen and oxygen atoms in total. The summed E-state index contributed by atoms with van der Waals surface area (Å²) >= 11 is 5.20. The van der Waals surface area contributed by atoms with Crippen molar-refractivity contribution in [1.29, 1.82) is 0 Å². The molecule has 0 aliphatic heterocycles. The zero-order valence-corrected chi connectivity index (χ0v) is 20.5. The Kier molecular flexibility index (Phi) is 8.06. The number of thiocarbonyl (C=S) groups is 1. The van der Waals surface area contributed by atoms with Crippen molar-refractivity contribution in [3.05, 3.63) is 64.7 Å². The molecule has 0 aliphatic rings. The second kappa shape index (κ2) is 9.69. The molecular weight excluding hydrogens is 400 g/mol. The lowest BCUT2D eigenvalue weighted by Crippen LogP contribution is -2.20. The Labute approximate surface area is 184 Å². The SMILES string of the molecule is CC(=S)SSCc1cc(C(C)(C)C)c(OCc2ccccc2)c(C(C)(C)C)c1. The van der Waals surface area contributed by atoms with Gasteiger partial charge in [0.25, 0.3) is 0 Å². The van der Waals surface area contributed by atoms with Gasteiger partial charge in [-0.05, 0) is 28.9 Å². The van der Waals surface area contributed by atoms with Crippen LogP contribution in [0.2, 0.25) is 0 Å². The monoisotopic (exact) mass is 432 g/mol. The summed E-state index contributed by atoms with van der Waals surface area (Å²) in [6, 6.07) is 15.0. The molecule has 2 aromatic rings. The van der Waals surface area contributed by atoms with Crippen LogP contribution in [-0.4, -0.2) is 4.20 Å². The molecule has 0 aliphatic carbocycles. The predicted octanol–water partition coefficient (Wildman–Crippen LogP) is 8.09. The Bertz CT molecular complexity index is 764. The van der Waals surface area contributed by atoms with Crippen LogP contribution in [0.3, 0.4) is 0 Å². The summed E-state index contributed by atoms with van der Waals surface area (Å²) in [5, 5.41) is 0. The summed E-state index contributed by atoms with van der Waals surface area (Å²) in [7, 11) is 3.49. The maximum atomic E-state index is 6.47. The second-order valence-corrected chi connectivity index (χ2v) is 12.5. The van der Waals surface area contributed by atoms with Gasteiger partial charge in [0.05, 0.1) is 4.20 Å². The van der Waals surface area contributed by atoms with E-state index in [2.05, 4.69) is 77.9 Å². The number of hydrogen-bond acceptors (Lipinski definition) is 4. The first-order chi connectivity index (χ1) is 13.0. The minimum absolute atomic E-state index is 0.000101. The van der Waals surface area contributed by atoms with Gasteiger partial charge in [0, 0.05) is 16.9 Å². The average Bonchev–Trinajstić information content (AvgIpc) is 2.59. The van der Waals surface area contributed by atoms with Crippen molar-refractivity contribution in [3.8, 4) is 5.75 Å². The number of hydrogen-bond donors (Lipinski definition) is 0. The van der Waals surface area contributed by atoms with Gasteiger partial charge in [0.2, 0.25) is 0 Å². The summed E-state index contributed by atoms with van der Waals surface area (Å²) in [4.78, 5) is 0. The molecule has 2 rings (SSSR count). The summed E-state index contributed by atoms with van der Waals surface area (Å²) < 4.78 is 7.44. The lowest BCUT2D eigenvalue weighted by molar-refractivity contribution is 0.289. The van der Waals surface area contributed by atoms with E-state index in [4.69, 9.17) is 17.0 Å². The third kappa shape index (κ3) is 6.82. The van der Waals surface area contributed by atoms with Crippen LogP contribution < -0.4 is 4.74 Å². The Morgan fingerprint density at radius 2 is 1.43 bits per heavy atom. The maximum Gasteiger partial charge on any atom is 0.127 e. The van der Waals surface area contributed by atoms with Crippen LogP contribution in [0, 0.1) is 0 Å². The molecule has 0 atom stereocenters. The molecule has 2 aromatic carbocycles. The van der Waals surface area contributed by atoms with E-state index in [9.17, 15) is 0 Å². The topological polar surface area (TPSA) is 9.23 Å². The van der Waals surface area contributed by atoms with Crippen LogP contribution in [0.25, 0.3) is 0 Å². The molecule has 0 radical (unpaired) electrons. The molecule has 0 saturated carbocycles. The lowest BCUT2D eigenvalue weighted by Gasteiger charge is -2.30. The zero-order valence-electron chi connectivity index (χ0n) is 18.1. The van der Waals surface area contributed by atoms with Gasteiger partial charge in [-0.1, -0.05) is 118 Å². The average molecular weight is 433 g/mol. The fourth-order valence-corrected chi connectivity index (χ4v) is 5.00. The predicted molar refractivity (Wildman–Crippen MR) is 132 cm³/mol. The van der Waals surface area contributed by atoms with Crippen molar-refractivity contribution in [3.63, 3.8) is 0 Å². The minimum Gasteiger partial charge on any atom is -0.488 e. The van der Waals surface area contributed by atoms with Crippen molar-refractivity contribution >= 4 is 38.0 Å². The fourth-order valence-electron chi connectivity index (χ4n) is 2.95. The second-order valence-electron chi connectivity index (χ2n) is 9.13. The Morgan fingerprint density at radius 3 is 1.89 bits per heavy atom. The Balaban J connectivity index is 2.45. The highest BCUT2D eigenvalue weighted by Gasteiger charge is 2.28. The molecule has 0 fully saturated rings. The van der Waals surface area contributed by atoms with E-state index < -0.39 is 0 Å². The van der Waals surface area contributed by atoms with Crippen molar-refractivity contribution < 1.29 is 4.74 Å². The maximum absolute atomic E-state index is 6.47. The highest BCUT2D eigenvalue weighted by atomic mass is 33.1. The van der Waals surface area contributed by atoms with Crippen LogP contribution in [0.1, 0.15) is 70.7 Å². The van der Waals surface area contributed by atoms with Crippen molar-refractivity contribution in [2.75, 3.05) is 0 Å². The van der Waals surface area contributed by atoms with Crippen LogP contribution in [0.15, 0.2) is 42.5 Å². The molecule has 0 amide bonds. The molecule has 0 heterocycles. The third-order valence-electron chi connectivity index (χ3n) is 4.39. The van der Waals surface area contributed by atoms with Crippen LogP contribution >= 0.6 is 33.8 Å². The molecular formula is C24H32OS3. The van der Waals surface area contributed by atoms with Gasteiger partial charge in [-0.3, -0.25) is 0 Å². The summed E-state index contributed by atoms with van der Waals surface area (Å²) in [6.45, 7) is 16.1. The standard InChI is InChI=1S/C24H32OS3/c1-17(26)28-27-16-19-13-20(23(2,3)4)22(21(14-19)24(5,6)7)25-15-18-11-9-8-10-12-18/h8-14H,15-16H2,1-7H3. The molecule has 0 unspecified atom stereocenters. The van der Waals surface area contributed by atoms with Crippen molar-refractivity contribution in [2.24, 2.45) is 0 Å². The van der Waals surface area contributed by atoms with Crippen molar-refractivity contribution in [1.82, 2.24) is 0 Å². The van der Waals surface area contributed by atoms with E-state index in [1.807, 2.05) is 13.0 Å². The third-order valence-corrected chi connectivity index (χ3v) is 7.22. The number of ether oxygens (including phenoxy) is 1. The van der Waals surface area contributed by atoms with E-state index in [1.54, 1.807) is 21.6 Å². The summed E-state index contributed by atoms with van der Waals surface area (Å²) in [5.74, 6) is 1.97. The van der Waals surface area contributed by atoms with Gasteiger partial charge in [-0.15, -0.1) is 0 Å². The first-order valence-corrected chi connectivity index (χ1v) is 12.4. The molecule has 0 bridgehead atoms. The normalized spacial score (nSPS) is 12.1. The van der Waals surface area contributed by atoms with E-state index in [1.165, 1.54) is 22.3 Å². The van der Waals surface area contributed by atoms with Crippen molar-refractivity contribution in [2.45, 2.75) is 71.7 Å². The van der Waals surface area contributed by atoms with E-state index in [0.29, 0.717) is 6.61 Å². The summed E-state index contributed by atoms with van der Waals surface area (Å²) in [6.07, 6.45) is 0. The first-order valence-electron chi connectivity index (χ1n) is 9.63. The zero-order chi connectivity index (χ0) is 20.9. The van der Waals surface area contributed by atoms with Gasteiger partial charge in [0.15, 0.2) is 0 Å². The van der Waals surface area contributed by atoms with Crippen LogP contribution in [-0.2, 0) is 23.2 Å². The molecule has 0 N–H and O–H groups in total. The van der Waals surface area contributed by atoms with Gasteiger partial charge < -0.3 is 4.74 Å². The van der Waals surface area contributed by atoms with Gasteiger partial charge in [0.1, 0.15) is 12.4 Å². The number of rotatable bonds is 6. The van der Waals surface area contributed by atoms with E-state index in [0.717, 1.165) is 15.7 Å². The van der Waals surface area contributed by atoms with Gasteiger partial charge >= 0.3 is 0 Å². The van der Waals surface area contributed by atoms with E-state index >= 15 is 0 Å². The quantitative estimate of drug-likeness (QED) is 0.337. The van der Waals surface area contributed by atoms with Gasteiger partial charge in [-0.25, -0.2) is 0 Å². The van der Waals surface area contributed by atoms with E-state index in [-0.39, 0.29) is 10.8 Å². The van der Waals surface area contributed by atoms with Crippen LogP contribution in [0.5, 0.6) is 5.75 Å². The smallest absolute Gasteiger partial charge is 0.127 e. The molecule has 4 heteroatoms. The Hall–Kier alpha value is -0.970. The number of benzene rings is 2. The van der Waals surface area contributed by atoms with Crippen LogP contribution in [0.4, 0.5) is 0 Å². The molecule has 0 saturated heterocycles. The lowest BCUT2D eigenvalue weighted by atomic mass is 9.78. The molecule has 0 spiro atoms. The highest BCUT2D eigenvalue weighted by Crippen LogP contribution is 2.42. The first kappa shape index (κ1) is 23.3. The van der Waals surface area contributed by atoms with Gasteiger partial charge in [-0.2, -0.15) is 0 Å². The molecule has 0 aromatic heterocycles. The highest BCUT2D eigenvalue weighted by molar-refractivity contribution is 8.83. The minimum atomic E-state index is -0.000101. The fraction of sp³-hybridized carbons (Fsp3) is 0.458.